The second-order valence-electron chi connectivity index (χ2n) is 11.5. The first-order chi connectivity index (χ1) is 19.3. The molecule has 2 atom stereocenters. The molecular formula is C33H38N4O3. The molecule has 2 fully saturated rings. The number of benzene rings is 3. The Bertz CT molecular complexity index is 1440. The fraction of sp³-hybridized carbons (Fsp3) is 0.394. The van der Waals surface area contributed by atoms with Crippen LogP contribution in [0, 0.1) is 6.92 Å². The maximum absolute atomic E-state index is 13.7. The number of piperazine rings is 1. The lowest BCUT2D eigenvalue weighted by molar-refractivity contribution is -0.117. The first kappa shape index (κ1) is 26.4. The molecule has 0 saturated carbocycles. The Morgan fingerprint density at radius 2 is 1.68 bits per heavy atom. The van der Waals surface area contributed by atoms with Crippen LogP contribution in [0.1, 0.15) is 48.2 Å². The van der Waals surface area contributed by atoms with E-state index in [0.717, 1.165) is 77.5 Å². The maximum atomic E-state index is 13.7. The molecular weight excluding hydrogens is 500 g/mol. The minimum atomic E-state index is 0.0167. The summed E-state index contributed by atoms with van der Waals surface area (Å²) in [5.41, 5.74) is 8.09. The molecule has 3 aromatic rings. The molecule has 208 valence electrons. The summed E-state index contributed by atoms with van der Waals surface area (Å²) >= 11 is 0. The number of carbonyl (C=O) groups excluding carboxylic acids is 2. The molecule has 3 aromatic carbocycles. The quantitative estimate of drug-likeness (QED) is 0.485. The number of anilines is 3. The number of methoxy groups -OCH3 is 1. The fourth-order valence-corrected chi connectivity index (χ4v) is 6.56. The van der Waals surface area contributed by atoms with E-state index in [0.29, 0.717) is 30.6 Å². The highest BCUT2D eigenvalue weighted by Crippen LogP contribution is 2.40. The van der Waals surface area contributed by atoms with E-state index in [4.69, 9.17) is 4.74 Å². The van der Waals surface area contributed by atoms with Crippen LogP contribution in [0.3, 0.4) is 0 Å². The van der Waals surface area contributed by atoms with Crippen LogP contribution in [0.25, 0.3) is 11.1 Å². The molecule has 3 aliphatic rings. The lowest BCUT2D eigenvalue weighted by atomic mass is 9.98. The van der Waals surface area contributed by atoms with E-state index < -0.39 is 0 Å². The average molecular weight is 539 g/mol. The van der Waals surface area contributed by atoms with Crippen molar-refractivity contribution >= 4 is 28.9 Å². The summed E-state index contributed by atoms with van der Waals surface area (Å²) in [7, 11) is 1.72. The molecule has 0 unspecified atom stereocenters. The fourth-order valence-electron chi connectivity index (χ4n) is 6.56. The highest BCUT2D eigenvalue weighted by atomic mass is 16.5. The standard InChI is InChI=1S/C33H38N4O3/c1-21-16-27(36-14-5-6-32(36)38)11-12-28(21)24-7-9-25(10-8-24)33(39)37-15-13-26-17-31(40-4)30(18-29(26)37)35-19-22(2)34-23(3)20-35/h7-12,16-18,22-23,34H,5-6,13-15,19-20H2,1-4H3/t22-,23+. The van der Waals surface area contributed by atoms with Crippen molar-refractivity contribution in [2.24, 2.45) is 0 Å². The van der Waals surface area contributed by atoms with Gasteiger partial charge in [0.05, 0.1) is 12.8 Å². The number of aryl methyl sites for hydroxylation is 1. The number of rotatable bonds is 5. The third-order valence-corrected chi connectivity index (χ3v) is 8.46. The third-order valence-electron chi connectivity index (χ3n) is 8.46. The Kier molecular flexibility index (Phi) is 7.00. The van der Waals surface area contributed by atoms with Gasteiger partial charge in [-0.15, -0.1) is 0 Å². The second kappa shape index (κ2) is 10.6. The maximum Gasteiger partial charge on any atom is 0.258 e. The van der Waals surface area contributed by atoms with Crippen molar-refractivity contribution in [2.75, 3.05) is 48.0 Å². The summed E-state index contributed by atoms with van der Waals surface area (Å²) < 4.78 is 5.80. The van der Waals surface area contributed by atoms with E-state index >= 15 is 0 Å². The summed E-state index contributed by atoms with van der Waals surface area (Å²) in [5, 5.41) is 3.59. The van der Waals surface area contributed by atoms with Crippen molar-refractivity contribution in [1.29, 1.82) is 0 Å². The number of fused-ring (bicyclic) bond motifs is 1. The molecule has 0 bridgehead atoms. The van der Waals surface area contributed by atoms with Gasteiger partial charge in [0, 0.05) is 61.6 Å². The van der Waals surface area contributed by atoms with Gasteiger partial charge >= 0.3 is 0 Å². The Balaban J connectivity index is 1.24. The molecule has 40 heavy (non-hydrogen) atoms. The summed E-state index contributed by atoms with van der Waals surface area (Å²) in [6.45, 7) is 9.71. The van der Waals surface area contributed by atoms with E-state index in [1.807, 2.05) is 40.1 Å². The van der Waals surface area contributed by atoms with E-state index in [-0.39, 0.29) is 11.8 Å². The normalized spacial score (nSPS) is 20.7. The van der Waals surface area contributed by atoms with Gasteiger partial charge in [-0.3, -0.25) is 9.59 Å². The first-order valence-corrected chi connectivity index (χ1v) is 14.4. The zero-order valence-electron chi connectivity index (χ0n) is 23.9. The molecule has 7 nitrogen and oxygen atoms in total. The molecule has 3 heterocycles. The van der Waals surface area contributed by atoms with Crippen molar-refractivity contribution in [3.8, 4) is 16.9 Å². The minimum absolute atomic E-state index is 0.0167. The Hall–Kier alpha value is -3.84. The van der Waals surface area contributed by atoms with Gasteiger partial charge in [-0.25, -0.2) is 0 Å². The highest BCUT2D eigenvalue weighted by molar-refractivity contribution is 6.08. The van der Waals surface area contributed by atoms with Crippen molar-refractivity contribution in [2.45, 2.75) is 52.1 Å². The van der Waals surface area contributed by atoms with Crippen LogP contribution in [-0.4, -0.2) is 57.2 Å². The zero-order valence-corrected chi connectivity index (χ0v) is 23.9. The molecule has 2 saturated heterocycles. The third kappa shape index (κ3) is 4.83. The van der Waals surface area contributed by atoms with Crippen molar-refractivity contribution in [3.63, 3.8) is 0 Å². The molecule has 7 heteroatoms. The Labute approximate surface area is 236 Å². The lowest BCUT2D eigenvalue weighted by Gasteiger charge is -2.38. The van der Waals surface area contributed by atoms with Crippen LogP contribution in [0.2, 0.25) is 0 Å². The van der Waals surface area contributed by atoms with Gasteiger partial charge in [-0.1, -0.05) is 18.2 Å². The van der Waals surface area contributed by atoms with Gasteiger partial charge in [0.15, 0.2) is 0 Å². The van der Waals surface area contributed by atoms with E-state index in [1.54, 1.807) is 7.11 Å². The Morgan fingerprint density at radius 3 is 2.33 bits per heavy atom. The molecule has 2 amide bonds. The second-order valence-corrected chi connectivity index (χ2v) is 11.5. The van der Waals surface area contributed by atoms with Crippen LogP contribution < -0.4 is 24.8 Å². The van der Waals surface area contributed by atoms with Crippen LogP contribution in [-0.2, 0) is 11.2 Å². The van der Waals surface area contributed by atoms with E-state index in [9.17, 15) is 9.59 Å². The average Bonchev–Trinajstić information content (AvgIpc) is 3.57. The van der Waals surface area contributed by atoms with Gasteiger partial charge in [-0.2, -0.15) is 0 Å². The first-order valence-electron chi connectivity index (χ1n) is 14.4. The van der Waals surface area contributed by atoms with E-state index in [1.165, 1.54) is 0 Å². The van der Waals surface area contributed by atoms with Gasteiger partial charge in [0.25, 0.3) is 5.91 Å². The van der Waals surface area contributed by atoms with Crippen molar-refractivity contribution in [3.05, 3.63) is 71.3 Å². The SMILES string of the molecule is COc1cc2c(cc1N1C[C@@H](C)N[C@@H](C)C1)N(C(=O)c1ccc(-c3ccc(N4CCCC4=O)cc3C)cc1)CC2. The summed E-state index contributed by atoms with van der Waals surface area (Å²) in [6, 6.07) is 19.1. The number of amides is 2. The van der Waals surface area contributed by atoms with Crippen LogP contribution in [0.15, 0.2) is 54.6 Å². The van der Waals surface area contributed by atoms with Crippen LogP contribution in [0.5, 0.6) is 5.75 Å². The molecule has 0 aromatic heterocycles. The number of ether oxygens (including phenoxy) is 1. The van der Waals surface area contributed by atoms with Crippen molar-refractivity contribution in [1.82, 2.24) is 5.32 Å². The Morgan fingerprint density at radius 1 is 0.925 bits per heavy atom. The molecule has 1 N–H and O–H groups in total. The summed E-state index contributed by atoms with van der Waals surface area (Å²) in [6.07, 6.45) is 2.36. The number of carbonyl (C=O) groups is 2. The monoisotopic (exact) mass is 538 g/mol. The molecule has 0 spiro atoms. The predicted molar refractivity (Wildman–Crippen MR) is 161 cm³/mol. The zero-order chi connectivity index (χ0) is 28.0. The number of hydrogen-bond donors (Lipinski definition) is 1. The number of hydrogen-bond acceptors (Lipinski definition) is 5. The molecule has 0 radical (unpaired) electrons. The molecule has 6 rings (SSSR count). The molecule has 3 aliphatic heterocycles. The highest BCUT2D eigenvalue weighted by Gasteiger charge is 2.30. The van der Waals surface area contributed by atoms with Gasteiger partial charge in [0.2, 0.25) is 5.91 Å². The lowest BCUT2D eigenvalue weighted by Crippen LogP contribution is -2.54. The largest absolute Gasteiger partial charge is 0.495 e. The molecule has 0 aliphatic carbocycles. The van der Waals surface area contributed by atoms with Crippen LogP contribution in [0.4, 0.5) is 17.1 Å². The summed E-state index contributed by atoms with van der Waals surface area (Å²) in [4.78, 5) is 32.0. The minimum Gasteiger partial charge on any atom is -0.495 e. The smallest absolute Gasteiger partial charge is 0.258 e. The van der Waals surface area contributed by atoms with Gasteiger partial charge < -0.3 is 24.8 Å². The van der Waals surface area contributed by atoms with E-state index in [2.05, 4.69) is 55.3 Å². The van der Waals surface area contributed by atoms with Crippen molar-refractivity contribution < 1.29 is 14.3 Å². The van der Waals surface area contributed by atoms with Crippen LogP contribution >= 0.6 is 0 Å². The summed E-state index contributed by atoms with van der Waals surface area (Å²) in [5.74, 6) is 1.08. The topological polar surface area (TPSA) is 65.1 Å². The number of nitrogens with zero attached hydrogens (tertiary/aromatic N) is 3. The van der Waals surface area contributed by atoms with Gasteiger partial charge in [-0.05, 0) is 92.3 Å². The van der Waals surface area contributed by atoms with Gasteiger partial charge in [0.1, 0.15) is 5.75 Å². The predicted octanol–water partition coefficient (Wildman–Crippen LogP) is 5.19. The number of nitrogens with one attached hydrogen (secondary N) is 1.